The van der Waals surface area contributed by atoms with Crippen LogP contribution in [0.3, 0.4) is 0 Å². The van der Waals surface area contributed by atoms with Crippen molar-refractivity contribution < 1.29 is 22.7 Å². The van der Waals surface area contributed by atoms with Gasteiger partial charge in [-0.2, -0.15) is 13.2 Å². The van der Waals surface area contributed by atoms with Gasteiger partial charge in [0.2, 0.25) is 0 Å². The third-order valence-corrected chi connectivity index (χ3v) is 4.17. The second kappa shape index (κ2) is 9.41. The summed E-state index contributed by atoms with van der Waals surface area (Å²) in [5.74, 6) is -0.942. The molecule has 0 radical (unpaired) electrons. The normalized spacial score (nSPS) is 12.6. The molecule has 1 atom stereocenters. The van der Waals surface area contributed by atoms with E-state index in [4.69, 9.17) is 4.74 Å². The summed E-state index contributed by atoms with van der Waals surface area (Å²) in [5, 5.41) is 0. The summed E-state index contributed by atoms with van der Waals surface area (Å²) in [6.45, 7) is 1.99. The molecule has 2 aromatic rings. The first-order chi connectivity index (χ1) is 12.4. The number of rotatable bonds is 8. The number of ether oxygens (including phenoxy) is 1. The van der Waals surface area contributed by atoms with Crippen LogP contribution >= 0.6 is 0 Å². The van der Waals surface area contributed by atoms with E-state index in [-0.39, 0.29) is 12.0 Å². The van der Waals surface area contributed by atoms with Crippen LogP contribution in [-0.2, 0) is 4.74 Å². The maximum atomic E-state index is 13.3. The van der Waals surface area contributed by atoms with Crippen molar-refractivity contribution in [1.29, 1.82) is 0 Å². The molecule has 2 nitrogen and oxygen atoms in total. The van der Waals surface area contributed by atoms with Crippen molar-refractivity contribution in [3.8, 4) is 11.1 Å². The summed E-state index contributed by atoms with van der Waals surface area (Å²) in [4.78, 5) is 12.5. The fraction of sp³-hybridized carbons (Fsp3) is 0.381. The van der Waals surface area contributed by atoms with Gasteiger partial charge in [0, 0.05) is 0 Å². The molecular formula is C21H23F3O2. The van der Waals surface area contributed by atoms with Crippen LogP contribution in [0.1, 0.15) is 49.4 Å². The summed E-state index contributed by atoms with van der Waals surface area (Å²) in [6.07, 6.45) is -3.97. The molecule has 140 valence electrons. The van der Waals surface area contributed by atoms with Crippen LogP contribution in [0, 0.1) is 0 Å². The molecule has 0 N–H and O–H groups in total. The number of hydrogen-bond acceptors (Lipinski definition) is 2. The smallest absolute Gasteiger partial charge is 0.425 e. The Hall–Kier alpha value is -2.30. The predicted molar refractivity (Wildman–Crippen MR) is 95.9 cm³/mol. The Morgan fingerprint density at radius 2 is 1.62 bits per heavy atom. The number of carbonyl (C=O) groups is 1. The number of unbranched alkanes of at least 4 members (excludes halogenated alkanes) is 3. The molecule has 0 spiro atoms. The van der Waals surface area contributed by atoms with E-state index < -0.39 is 18.2 Å². The highest BCUT2D eigenvalue weighted by Crippen LogP contribution is 2.30. The molecule has 5 heteroatoms. The molecule has 0 aliphatic heterocycles. The highest BCUT2D eigenvalue weighted by molar-refractivity contribution is 5.97. The molecule has 1 unspecified atom stereocenters. The van der Waals surface area contributed by atoms with Gasteiger partial charge in [0.1, 0.15) is 0 Å². The van der Waals surface area contributed by atoms with E-state index in [1.165, 1.54) is 6.07 Å². The molecule has 0 heterocycles. The monoisotopic (exact) mass is 364 g/mol. The summed E-state index contributed by atoms with van der Waals surface area (Å²) < 4.78 is 44.6. The SMILES string of the molecule is CCCCCCC(OC(=O)c1ccccc1-c1ccccc1)C(F)(F)F. The van der Waals surface area contributed by atoms with E-state index in [9.17, 15) is 18.0 Å². The lowest BCUT2D eigenvalue weighted by molar-refractivity contribution is -0.206. The van der Waals surface area contributed by atoms with Gasteiger partial charge in [-0.05, 0) is 30.0 Å². The Kier molecular flexibility index (Phi) is 7.25. The van der Waals surface area contributed by atoms with Crippen molar-refractivity contribution >= 4 is 5.97 Å². The molecule has 26 heavy (non-hydrogen) atoms. The minimum absolute atomic E-state index is 0.140. The van der Waals surface area contributed by atoms with Crippen LogP contribution in [0.2, 0.25) is 0 Å². The third kappa shape index (κ3) is 5.61. The Bertz CT molecular complexity index is 696. The molecule has 0 saturated carbocycles. The molecule has 0 bridgehead atoms. The van der Waals surface area contributed by atoms with E-state index in [1.54, 1.807) is 30.3 Å². The van der Waals surface area contributed by atoms with Crippen molar-refractivity contribution in [2.24, 2.45) is 0 Å². The van der Waals surface area contributed by atoms with Crippen molar-refractivity contribution in [2.75, 3.05) is 0 Å². The number of benzene rings is 2. The quantitative estimate of drug-likeness (QED) is 0.399. The molecule has 2 aromatic carbocycles. The molecule has 0 amide bonds. The zero-order valence-electron chi connectivity index (χ0n) is 14.8. The van der Waals surface area contributed by atoms with Gasteiger partial charge >= 0.3 is 12.1 Å². The zero-order chi connectivity index (χ0) is 19.0. The average molecular weight is 364 g/mol. The van der Waals surface area contributed by atoms with Gasteiger partial charge in [0.05, 0.1) is 5.56 Å². The summed E-state index contributed by atoms with van der Waals surface area (Å²) in [6, 6.07) is 15.6. The van der Waals surface area contributed by atoms with Crippen LogP contribution in [0.4, 0.5) is 13.2 Å². The van der Waals surface area contributed by atoms with Crippen molar-refractivity contribution in [3.05, 3.63) is 60.2 Å². The Morgan fingerprint density at radius 1 is 0.962 bits per heavy atom. The fourth-order valence-electron chi connectivity index (χ4n) is 2.77. The van der Waals surface area contributed by atoms with Crippen molar-refractivity contribution in [1.82, 2.24) is 0 Å². The first-order valence-corrected chi connectivity index (χ1v) is 8.85. The summed E-state index contributed by atoms with van der Waals surface area (Å²) in [5.41, 5.74) is 1.46. The standard InChI is InChI=1S/C21H23F3O2/c1-2-3-4-8-15-19(21(22,23)24)26-20(25)18-14-10-9-13-17(18)16-11-6-5-7-12-16/h5-7,9-14,19H,2-4,8,15H2,1H3. The van der Waals surface area contributed by atoms with Crippen molar-refractivity contribution in [3.63, 3.8) is 0 Å². The van der Waals surface area contributed by atoms with Gasteiger partial charge in [-0.25, -0.2) is 4.79 Å². The second-order valence-electron chi connectivity index (χ2n) is 6.20. The van der Waals surface area contributed by atoms with E-state index in [1.807, 2.05) is 25.1 Å². The second-order valence-corrected chi connectivity index (χ2v) is 6.20. The van der Waals surface area contributed by atoms with Crippen LogP contribution in [0.5, 0.6) is 0 Å². The molecule has 0 aromatic heterocycles. The predicted octanol–water partition coefficient (Wildman–Crippen LogP) is 6.41. The van der Waals surface area contributed by atoms with Gasteiger partial charge in [-0.15, -0.1) is 0 Å². The number of esters is 1. The maximum absolute atomic E-state index is 13.3. The minimum Gasteiger partial charge on any atom is -0.449 e. The van der Waals surface area contributed by atoms with E-state index in [0.29, 0.717) is 18.4 Å². The highest BCUT2D eigenvalue weighted by atomic mass is 19.4. The maximum Gasteiger partial charge on any atom is 0.425 e. The first-order valence-electron chi connectivity index (χ1n) is 8.85. The van der Waals surface area contributed by atoms with E-state index in [2.05, 4.69) is 0 Å². The highest BCUT2D eigenvalue weighted by Gasteiger charge is 2.42. The number of alkyl halides is 3. The molecule has 0 fully saturated rings. The Labute approximate surface area is 152 Å². The zero-order valence-corrected chi connectivity index (χ0v) is 14.8. The minimum atomic E-state index is -4.57. The molecule has 0 aliphatic rings. The number of hydrogen-bond donors (Lipinski definition) is 0. The van der Waals surface area contributed by atoms with Crippen LogP contribution in [0.25, 0.3) is 11.1 Å². The van der Waals surface area contributed by atoms with Gasteiger partial charge in [0.25, 0.3) is 0 Å². The van der Waals surface area contributed by atoms with Crippen molar-refractivity contribution in [2.45, 2.75) is 51.3 Å². The summed E-state index contributed by atoms with van der Waals surface area (Å²) in [7, 11) is 0. The van der Waals surface area contributed by atoms with E-state index in [0.717, 1.165) is 18.4 Å². The number of carbonyl (C=O) groups excluding carboxylic acids is 1. The Morgan fingerprint density at radius 3 is 2.27 bits per heavy atom. The average Bonchev–Trinajstić information content (AvgIpc) is 2.64. The lowest BCUT2D eigenvalue weighted by Crippen LogP contribution is -2.34. The lowest BCUT2D eigenvalue weighted by atomic mass is 10.00. The molecule has 0 saturated heterocycles. The van der Waals surface area contributed by atoms with Gasteiger partial charge in [0.15, 0.2) is 6.10 Å². The Balaban J connectivity index is 2.17. The van der Waals surface area contributed by atoms with Gasteiger partial charge in [-0.3, -0.25) is 0 Å². The van der Waals surface area contributed by atoms with Gasteiger partial charge < -0.3 is 4.74 Å². The number of halogens is 3. The fourth-order valence-corrected chi connectivity index (χ4v) is 2.77. The van der Waals surface area contributed by atoms with Crippen LogP contribution < -0.4 is 0 Å². The molecular weight excluding hydrogens is 341 g/mol. The lowest BCUT2D eigenvalue weighted by Gasteiger charge is -2.21. The first kappa shape index (κ1) is 20.0. The van der Waals surface area contributed by atoms with Crippen LogP contribution in [-0.4, -0.2) is 18.2 Å². The topological polar surface area (TPSA) is 26.3 Å². The largest absolute Gasteiger partial charge is 0.449 e. The van der Waals surface area contributed by atoms with Gasteiger partial charge in [-0.1, -0.05) is 74.7 Å². The third-order valence-electron chi connectivity index (χ3n) is 4.17. The molecule has 0 aliphatic carbocycles. The molecule has 2 rings (SSSR count). The van der Waals surface area contributed by atoms with Crippen LogP contribution in [0.15, 0.2) is 54.6 Å². The van der Waals surface area contributed by atoms with E-state index >= 15 is 0 Å². The summed E-state index contributed by atoms with van der Waals surface area (Å²) >= 11 is 0.